The summed E-state index contributed by atoms with van der Waals surface area (Å²) in [7, 11) is 0. The van der Waals surface area contributed by atoms with E-state index in [1.54, 1.807) is 30.1 Å². The highest BCUT2D eigenvalue weighted by Crippen LogP contribution is 2.22. The van der Waals surface area contributed by atoms with Crippen molar-refractivity contribution in [3.05, 3.63) is 21.9 Å². The molecule has 0 saturated carbocycles. The fourth-order valence-electron chi connectivity index (χ4n) is 2.15. The molecule has 0 radical (unpaired) electrons. The number of hydrogen-bond donors (Lipinski definition) is 1. The van der Waals surface area contributed by atoms with Gasteiger partial charge in [-0.1, -0.05) is 20.8 Å². The van der Waals surface area contributed by atoms with Gasteiger partial charge in [-0.25, -0.2) is 0 Å². The first-order valence-electron chi connectivity index (χ1n) is 7.33. The Morgan fingerprint density at radius 1 is 1.40 bits per heavy atom. The van der Waals surface area contributed by atoms with Crippen LogP contribution >= 0.6 is 11.3 Å². The summed E-state index contributed by atoms with van der Waals surface area (Å²) in [6, 6.07) is 3.96. The molecule has 114 valence electrons. The van der Waals surface area contributed by atoms with Gasteiger partial charge in [-0.3, -0.25) is 4.79 Å². The maximum Gasteiger partial charge on any atom is 0.264 e. The number of carbonyl (C=O) groups is 1. The van der Waals surface area contributed by atoms with Gasteiger partial charge in [-0.15, -0.1) is 11.3 Å². The van der Waals surface area contributed by atoms with Gasteiger partial charge in [-0.2, -0.15) is 0 Å². The van der Waals surface area contributed by atoms with E-state index in [0.717, 1.165) is 17.7 Å². The molecule has 3 nitrogen and oxygen atoms in total. The average molecular weight is 297 g/mol. The minimum absolute atomic E-state index is 0.0361. The quantitative estimate of drug-likeness (QED) is 0.836. The lowest BCUT2D eigenvalue weighted by molar-refractivity contribution is 0.0304. The van der Waals surface area contributed by atoms with Crippen LogP contribution in [0.3, 0.4) is 0 Å². The molecule has 0 saturated heterocycles. The van der Waals surface area contributed by atoms with Crippen LogP contribution in [0.4, 0.5) is 0 Å². The van der Waals surface area contributed by atoms with E-state index in [-0.39, 0.29) is 5.91 Å². The summed E-state index contributed by atoms with van der Waals surface area (Å²) in [6.45, 7) is 10.9. The van der Waals surface area contributed by atoms with Crippen LogP contribution in [-0.4, -0.2) is 34.6 Å². The van der Waals surface area contributed by atoms with Crippen LogP contribution in [0, 0.1) is 5.92 Å². The third-order valence-corrected chi connectivity index (χ3v) is 3.94. The van der Waals surface area contributed by atoms with E-state index in [2.05, 4.69) is 13.8 Å². The molecule has 20 heavy (non-hydrogen) atoms. The number of hydrogen-bond acceptors (Lipinski definition) is 3. The Labute approximate surface area is 126 Å². The van der Waals surface area contributed by atoms with Crippen molar-refractivity contribution in [1.29, 1.82) is 0 Å². The van der Waals surface area contributed by atoms with Crippen LogP contribution in [0.25, 0.3) is 0 Å². The zero-order valence-electron chi connectivity index (χ0n) is 13.3. The SMILES string of the molecule is CCCN(CC(C)(C)O)C(=O)c1ccc(CC(C)C)s1. The van der Waals surface area contributed by atoms with Gasteiger partial charge in [0.2, 0.25) is 0 Å². The molecule has 0 aliphatic carbocycles. The number of aliphatic hydroxyl groups is 1. The highest BCUT2D eigenvalue weighted by molar-refractivity contribution is 7.14. The van der Waals surface area contributed by atoms with Crippen LogP contribution in [0.1, 0.15) is 55.6 Å². The van der Waals surface area contributed by atoms with Crippen molar-refractivity contribution in [1.82, 2.24) is 4.90 Å². The molecule has 1 N–H and O–H groups in total. The molecule has 0 unspecified atom stereocenters. The molecule has 1 amide bonds. The van der Waals surface area contributed by atoms with Crippen molar-refractivity contribution in [3.8, 4) is 0 Å². The summed E-state index contributed by atoms with van der Waals surface area (Å²) in [5.74, 6) is 0.633. The molecule has 0 aliphatic heterocycles. The molecule has 0 bridgehead atoms. The minimum Gasteiger partial charge on any atom is -0.389 e. The third kappa shape index (κ3) is 5.63. The molecule has 0 aromatic carbocycles. The topological polar surface area (TPSA) is 40.5 Å². The summed E-state index contributed by atoms with van der Waals surface area (Å²) in [5.41, 5.74) is -0.858. The fraction of sp³-hybridized carbons (Fsp3) is 0.688. The maximum atomic E-state index is 12.5. The molecule has 4 heteroatoms. The van der Waals surface area contributed by atoms with Crippen molar-refractivity contribution >= 4 is 17.2 Å². The van der Waals surface area contributed by atoms with Crippen molar-refractivity contribution < 1.29 is 9.90 Å². The summed E-state index contributed by atoms with van der Waals surface area (Å²) in [6.07, 6.45) is 1.91. The molecule has 1 heterocycles. The molecular formula is C16H27NO2S. The van der Waals surface area contributed by atoms with Gasteiger partial charge in [-0.05, 0) is 44.7 Å². The van der Waals surface area contributed by atoms with E-state index in [4.69, 9.17) is 0 Å². The van der Waals surface area contributed by atoms with Gasteiger partial charge in [0.15, 0.2) is 0 Å². The van der Waals surface area contributed by atoms with Gasteiger partial charge >= 0.3 is 0 Å². The molecule has 0 fully saturated rings. The second kappa shape index (κ2) is 7.23. The van der Waals surface area contributed by atoms with Crippen LogP contribution in [-0.2, 0) is 6.42 Å². The van der Waals surface area contributed by atoms with Crippen LogP contribution in [0.5, 0.6) is 0 Å². The molecule has 1 aromatic rings. The second-order valence-electron chi connectivity index (χ2n) is 6.40. The minimum atomic E-state index is -0.858. The Hall–Kier alpha value is -0.870. The Morgan fingerprint density at radius 3 is 2.55 bits per heavy atom. The van der Waals surface area contributed by atoms with Gasteiger partial charge in [0, 0.05) is 18.0 Å². The number of thiophene rings is 1. The molecular weight excluding hydrogens is 270 g/mol. The molecule has 0 atom stereocenters. The number of carbonyl (C=O) groups excluding carboxylic acids is 1. The van der Waals surface area contributed by atoms with E-state index in [1.807, 2.05) is 19.1 Å². The Kier molecular flexibility index (Phi) is 6.21. The van der Waals surface area contributed by atoms with Gasteiger partial charge < -0.3 is 10.0 Å². The van der Waals surface area contributed by atoms with Crippen LogP contribution < -0.4 is 0 Å². The van der Waals surface area contributed by atoms with Gasteiger partial charge in [0.05, 0.1) is 10.5 Å². The molecule has 0 spiro atoms. The lowest BCUT2D eigenvalue weighted by atomic mass is 10.1. The molecule has 0 aliphatic rings. The maximum absolute atomic E-state index is 12.5. The van der Waals surface area contributed by atoms with Crippen molar-refractivity contribution in [2.24, 2.45) is 5.92 Å². The monoisotopic (exact) mass is 297 g/mol. The summed E-state index contributed by atoms with van der Waals surface area (Å²) < 4.78 is 0. The predicted octanol–water partition coefficient (Wildman–Crippen LogP) is 3.57. The first-order chi connectivity index (χ1) is 9.23. The largest absolute Gasteiger partial charge is 0.389 e. The second-order valence-corrected chi connectivity index (χ2v) is 7.57. The van der Waals surface area contributed by atoms with E-state index in [9.17, 15) is 9.90 Å². The number of nitrogens with zero attached hydrogens (tertiary/aromatic N) is 1. The highest BCUT2D eigenvalue weighted by Gasteiger charge is 2.23. The normalized spacial score (nSPS) is 11.9. The number of rotatable bonds is 7. The summed E-state index contributed by atoms with van der Waals surface area (Å²) in [4.78, 5) is 16.3. The zero-order chi connectivity index (χ0) is 15.3. The Morgan fingerprint density at radius 2 is 2.05 bits per heavy atom. The summed E-state index contributed by atoms with van der Waals surface area (Å²) in [5, 5.41) is 9.94. The fourth-order valence-corrected chi connectivity index (χ4v) is 3.34. The van der Waals surface area contributed by atoms with E-state index in [0.29, 0.717) is 19.0 Å². The standard InChI is InChI=1S/C16H27NO2S/c1-6-9-17(11-16(4,5)19)15(18)14-8-7-13(20-14)10-12(2)3/h7-8,12,19H,6,9-11H2,1-5H3. The first-order valence-corrected chi connectivity index (χ1v) is 8.15. The predicted molar refractivity (Wildman–Crippen MR) is 85.4 cm³/mol. The van der Waals surface area contributed by atoms with Gasteiger partial charge in [0.25, 0.3) is 5.91 Å². The lowest BCUT2D eigenvalue weighted by Crippen LogP contribution is -2.42. The van der Waals surface area contributed by atoms with Crippen LogP contribution in [0.15, 0.2) is 12.1 Å². The summed E-state index contributed by atoms with van der Waals surface area (Å²) >= 11 is 1.58. The van der Waals surface area contributed by atoms with Crippen molar-refractivity contribution in [3.63, 3.8) is 0 Å². The van der Waals surface area contributed by atoms with Crippen molar-refractivity contribution in [2.45, 2.75) is 53.1 Å². The first kappa shape index (κ1) is 17.2. The zero-order valence-corrected chi connectivity index (χ0v) is 14.1. The Balaban J connectivity index is 2.81. The van der Waals surface area contributed by atoms with Crippen LogP contribution in [0.2, 0.25) is 0 Å². The van der Waals surface area contributed by atoms with E-state index in [1.165, 1.54) is 4.88 Å². The third-order valence-electron chi connectivity index (χ3n) is 2.84. The molecule has 1 rings (SSSR count). The van der Waals surface area contributed by atoms with Gasteiger partial charge in [0.1, 0.15) is 0 Å². The van der Waals surface area contributed by atoms with Crippen molar-refractivity contribution in [2.75, 3.05) is 13.1 Å². The Bertz CT molecular complexity index is 432. The smallest absolute Gasteiger partial charge is 0.264 e. The highest BCUT2D eigenvalue weighted by atomic mass is 32.1. The average Bonchev–Trinajstić information content (AvgIpc) is 2.73. The molecule has 1 aromatic heterocycles. The van der Waals surface area contributed by atoms with E-state index >= 15 is 0 Å². The lowest BCUT2D eigenvalue weighted by Gasteiger charge is -2.28. The van der Waals surface area contributed by atoms with E-state index < -0.39 is 5.60 Å². The number of amides is 1.